The smallest absolute Gasteiger partial charge is 0.233 e. The molecule has 4 nitrogen and oxygen atoms in total. The summed E-state index contributed by atoms with van der Waals surface area (Å²) in [7, 11) is 0. The van der Waals surface area contributed by atoms with E-state index in [0.717, 1.165) is 25.2 Å². The van der Waals surface area contributed by atoms with Crippen molar-refractivity contribution >= 4 is 55.2 Å². The molecule has 0 bridgehead atoms. The Bertz CT molecular complexity index is 864. The molecule has 124 valence electrons. The van der Waals surface area contributed by atoms with Gasteiger partial charge in [-0.15, -0.1) is 11.8 Å². The number of amides is 1. The van der Waals surface area contributed by atoms with Crippen LogP contribution < -0.4 is 5.32 Å². The Balaban J connectivity index is 1.58. The first-order valence-electron chi connectivity index (χ1n) is 7.34. The van der Waals surface area contributed by atoms with Crippen molar-refractivity contribution in [2.75, 3.05) is 0 Å². The van der Waals surface area contributed by atoms with Crippen LogP contribution in [0.5, 0.6) is 0 Å². The zero-order valence-electron chi connectivity index (χ0n) is 12.9. The number of fused-ring (bicyclic) bond motifs is 1. The highest BCUT2D eigenvalue weighted by atomic mass is 79.9. The van der Waals surface area contributed by atoms with Crippen LogP contribution in [0.4, 0.5) is 0 Å². The molecule has 1 aromatic carbocycles. The number of halogens is 2. The first-order chi connectivity index (χ1) is 11.5. The van der Waals surface area contributed by atoms with Crippen molar-refractivity contribution in [2.24, 2.45) is 0 Å². The summed E-state index contributed by atoms with van der Waals surface area (Å²) in [6, 6.07) is 11.8. The van der Waals surface area contributed by atoms with E-state index in [-0.39, 0.29) is 11.2 Å². The lowest BCUT2D eigenvalue weighted by molar-refractivity contribution is -0.120. The van der Waals surface area contributed by atoms with Gasteiger partial charge in [0.05, 0.1) is 17.5 Å². The van der Waals surface area contributed by atoms with Gasteiger partial charge < -0.3 is 9.72 Å². The summed E-state index contributed by atoms with van der Waals surface area (Å²) in [5, 5.41) is 2.78. The fraction of sp³-hybridized carbons (Fsp3) is 0.176. The van der Waals surface area contributed by atoms with E-state index in [0.29, 0.717) is 6.54 Å². The minimum Gasteiger partial charge on any atom is -0.349 e. The predicted octanol–water partition coefficient (Wildman–Crippen LogP) is 4.66. The van der Waals surface area contributed by atoms with Crippen LogP contribution in [0.15, 0.2) is 62.6 Å². The second-order valence-electron chi connectivity index (χ2n) is 5.28. The molecule has 2 aromatic heterocycles. The standard InChI is InChI=1S/C17H15Br2N3OS/c1-11(24-15-5-2-12(18)3-6-15)17(23)20-8-14-10-22-9-13(19)4-7-16(22)21-14/h2-7,9-11H,8H2,1H3,(H,20,23). The van der Waals surface area contributed by atoms with Crippen LogP contribution >= 0.6 is 43.6 Å². The third-order valence-corrected chi connectivity index (χ3v) is 5.51. The van der Waals surface area contributed by atoms with E-state index in [2.05, 4.69) is 42.2 Å². The van der Waals surface area contributed by atoms with Crippen molar-refractivity contribution in [1.82, 2.24) is 14.7 Å². The second kappa shape index (κ2) is 7.72. The third-order valence-electron chi connectivity index (χ3n) is 3.40. The van der Waals surface area contributed by atoms with Crippen molar-refractivity contribution in [3.8, 4) is 0 Å². The number of nitrogens with one attached hydrogen (secondary N) is 1. The van der Waals surface area contributed by atoms with Gasteiger partial charge in [0.25, 0.3) is 0 Å². The van der Waals surface area contributed by atoms with E-state index in [1.165, 1.54) is 11.8 Å². The molecule has 0 saturated heterocycles. The predicted molar refractivity (Wildman–Crippen MR) is 104 cm³/mol. The average molecular weight is 469 g/mol. The molecule has 0 aliphatic heterocycles. The number of benzene rings is 1. The van der Waals surface area contributed by atoms with Crippen LogP contribution in [0.3, 0.4) is 0 Å². The molecule has 0 fully saturated rings. The van der Waals surface area contributed by atoms with E-state index < -0.39 is 0 Å². The number of pyridine rings is 1. The number of aromatic nitrogens is 2. The molecule has 0 aliphatic rings. The fourth-order valence-corrected chi connectivity index (χ4v) is 3.70. The number of carbonyl (C=O) groups excluding carboxylic acids is 1. The molecular formula is C17H15Br2N3OS. The lowest BCUT2D eigenvalue weighted by atomic mass is 10.4. The van der Waals surface area contributed by atoms with E-state index in [1.807, 2.05) is 60.1 Å². The summed E-state index contributed by atoms with van der Waals surface area (Å²) in [4.78, 5) is 17.8. The van der Waals surface area contributed by atoms with Gasteiger partial charge in [-0.3, -0.25) is 4.79 Å². The van der Waals surface area contributed by atoms with Gasteiger partial charge in [-0.05, 0) is 59.3 Å². The van der Waals surface area contributed by atoms with Crippen molar-refractivity contribution < 1.29 is 4.79 Å². The molecule has 3 aromatic rings. The minimum absolute atomic E-state index is 0.00107. The third kappa shape index (κ3) is 4.40. The number of hydrogen-bond acceptors (Lipinski definition) is 3. The Hall–Kier alpha value is -1.31. The molecule has 1 unspecified atom stereocenters. The molecule has 24 heavy (non-hydrogen) atoms. The van der Waals surface area contributed by atoms with E-state index in [4.69, 9.17) is 0 Å². The molecule has 1 atom stereocenters. The van der Waals surface area contributed by atoms with Crippen molar-refractivity contribution in [2.45, 2.75) is 23.6 Å². The Labute approximate surface area is 161 Å². The summed E-state index contributed by atoms with van der Waals surface area (Å²) in [5.74, 6) is 0.00107. The summed E-state index contributed by atoms with van der Waals surface area (Å²) >= 11 is 8.38. The molecular weight excluding hydrogens is 454 g/mol. The highest BCUT2D eigenvalue weighted by Gasteiger charge is 2.14. The molecule has 0 spiro atoms. The Kier molecular flexibility index (Phi) is 5.63. The van der Waals surface area contributed by atoms with Crippen molar-refractivity contribution in [3.63, 3.8) is 0 Å². The highest BCUT2D eigenvalue weighted by Crippen LogP contribution is 2.25. The van der Waals surface area contributed by atoms with Gasteiger partial charge >= 0.3 is 0 Å². The number of nitrogens with zero attached hydrogens (tertiary/aromatic N) is 2. The Morgan fingerprint density at radius 1 is 1.17 bits per heavy atom. The van der Waals surface area contributed by atoms with E-state index in [9.17, 15) is 4.79 Å². The van der Waals surface area contributed by atoms with Gasteiger partial charge in [-0.25, -0.2) is 4.98 Å². The summed E-state index contributed by atoms with van der Waals surface area (Å²) in [5.41, 5.74) is 1.70. The Morgan fingerprint density at radius 2 is 1.88 bits per heavy atom. The SMILES string of the molecule is CC(Sc1ccc(Br)cc1)C(=O)NCc1cn2cc(Br)ccc2n1. The molecule has 1 N–H and O–H groups in total. The topological polar surface area (TPSA) is 46.4 Å². The van der Waals surface area contributed by atoms with Crippen LogP contribution in [0, 0.1) is 0 Å². The summed E-state index contributed by atoms with van der Waals surface area (Å²) in [6.45, 7) is 2.33. The number of rotatable bonds is 5. The van der Waals surface area contributed by atoms with Gasteiger partial charge in [0.2, 0.25) is 5.91 Å². The van der Waals surface area contributed by atoms with Crippen LogP contribution in [0.2, 0.25) is 0 Å². The van der Waals surface area contributed by atoms with Crippen molar-refractivity contribution in [3.05, 3.63) is 63.4 Å². The zero-order chi connectivity index (χ0) is 17.1. The van der Waals surface area contributed by atoms with Gasteiger partial charge in [-0.1, -0.05) is 15.9 Å². The van der Waals surface area contributed by atoms with Gasteiger partial charge in [0, 0.05) is 26.2 Å². The van der Waals surface area contributed by atoms with Crippen LogP contribution in [-0.2, 0) is 11.3 Å². The maximum Gasteiger partial charge on any atom is 0.233 e. The maximum atomic E-state index is 12.3. The first-order valence-corrected chi connectivity index (χ1v) is 9.81. The number of thioether (sulfide) groups is 1. The van der Waals surface area contributed by atoms with Gasteiger partial charge in [0.1, 0.15) is 5.65 Å². The quantitative estimate of drug-likeness (QED) is 0.554. The van der Waals surface area contributed by atoms with Gasteiger partial charge in [-0.2, -0.15) is 0 Å². The molecule has 0 aliphatic carbocycles. The number of hydrogen-bond donors (Lipinski definition) is 1. The van der Waals surface area contributed by atoms with Gasteiger partial charge in [0.15, 0.2) is 0 Å². The largest absolute Gasteiger partial charge is 0.349 e. The number of imidazole rings is 1. The number of carbonyl (C=O) groups is 1. The zero-order valence-corrected chi connectivity index (χ0v) is 16.9. The monoisotopic (exact) mass is 467 g/mol. The molecule has 2 heterocycles. The molecule has 7 heteroatoms. The van der Waals surface area contributed by atoms with Crippen LogP contribution in [0.1, 0.15) is 12.6 Å². The fourth-order valence-electron chi connectivity index (χ4n) is 2.19. The van der Waals surface area contributed by atoms with Crippen molar-refractivity contribution in [1.29, 1.82) is 0 Å². The van der Waals surface area contributed by atoms with Crippen LogP contribution in [-0.4, -0.2) is 20.5 Å². The average Bonchev–Trinajstić information content (AvgIpc) is 2.96. The molecule has 1 amide bonds. The first kappa shape index (κ1) is 17.5. The maximum absolute atomic E-state index is 12.3. The molecule has 3 rings (SSSR count). The second-order valence-corrected chi connectivity index (χ2v) is 8.52. The highest BCUT2D eigenvalue weighted by molar-refractivity contribution is 9.10. The summed E-state index contributed by atoms with van der Waals surface area (Å²) < 4.78 is 3.95. The van der Waals surface area contributed by atoms with E-state index >= 15 is 0 Å². The minimum atomic E-state index is -0.169. The normalized spacial score (nSPS) is 12.3. The van der Waals surface area contributed by atoms with E-state index in [1.54, 1.807) is 0 Å². The lowest BCUT2D eigenvalue weighted by Crippen LogP contribution is -2.30. The van der Waals surface area contributed by atoms with Crippen LogP contribution in [0.25, 0.3) is 5.65 Å². The molecule has 0 radical (unpaired) electrons. The summed E-state index contributed by atoms with van der Waals surface area (Å²) in [6.07, 6.45) is 3.87. The molecule has 0 saturated carbocycles. The Morgan fingerprint density at radius 3 is 2.62 bits per heavy atom. The lowest BCUT2D eigenvalue weighted by Gasteiger charge is -2.11.